The van der Waals surface area contributed by atoms with Gasteiger partial charge in [0.25, 0.3) is 5.91 Å². The highest BCUT2D eigenvalue weighted by molar-refractivity contribution is 7.91. The number of aryl methyl sites for hydroxylation is 1. The molecular weight excluding hydrogens is 380 g/mol. The first-order valence-corrected chi connectivity index (χ1v) is 11.7. The minimum Gasteiger partial charge on any atom is -0.452 e. The Balaban J connectivity index is 2.10. The van der Waals surface area contributed by atoms with Gasteiger partial charge in [0.1, 0.15) is 0 Å². The van der Waals surface area contributed by atoms with Crippen molar-refractivity contribution in [3.63, 3.8) is 0 Å². The maximum atomic E-state index is 12.8. The van der Waals surface area contributed by atoms with E-state index >= 15 is 0 Å². The zero-order valence-corrected chi connectivity index (χ0v) is 18.5. The Labute approximate surface area is 168 Å². The van der Waals surface area contributed by atoms with Crippen LogP contribution in [0.4, 0.5) is 0 Å². The van der Waals surface area contributed by atoms with Gasteiger partial charge in [0, 0.05) is 29.5 Å². The van der Waals surface area contributed by atoms with Crippen LogP contribution in [-0.4, -0.2) is 60.0 Å². The van der Waals surface area contributed by atoms with Crippen LogP contribution < -0.4 is 0 Å². The predicted molar refractivity (Wildman–Crippen MR) is 108 cm³/mol. The number of sulfone groups is 1. The van der Waals surface area contributed by atoms with Crippen LogP contribution in [0.2, 0.25) is 0 Å². The summed E-state index contributed by atoms with van der Waals surface area (Å²) in [6, 6.07) is 1.53. The number of nitrogens with zero attached hydrogens (tertiary/aromatic N) is 2. The summed E-state index contributed by atoms with van der Waals surface area (Å²) in [5.41, 5.74) is 2.23. The smallest absolute Gasteiger partial charge is 0.340 e. The van der Waals surface area contributed by atoms with Crippen molar-refractivity contribution < 1.29 is 22.7 Å². The van der Waals surface area contributed by atoms with Gasteiger partial charge in [0.2, 0.25) is 0 Å². The first kappa shape index (κ1) is 22.5. The van der Waals surface area contributed by atoms with Crippen molar-refractivity contribution in [1.82, 2.24) is 9.47 Å². The molecule has 8 heteroatoms. The first-order chi connectivity index (χ1) is 13.0. The van der Waals surface area contributed by atoms with Crippen LogP contribution in [0.5, 0.6) is 0 Å². The predicted octanol–water partition coefficient (Wildman–Crippen LogP) is 2.66. The van der Waals surface area contributed by atoms with Crippen LogP contribution >= 0.6 is 0 Å². The topological polar surface area (TPSA) is 85.7 Å². The standard InChI is InChI=1S/C20H32N2O5S/c1-7-14(4)22(17-8-9-28(25,26)12-17)19(23)11-27-20(24)18-10-15(5)21(13(2)3)16(18)6/h10,13-14,17H,7-9,11-12H2,1-6H3/t14-,17+/m1/s1. The number of rotatable bonds is 7. The van der Waals surface area contributed by atoms with Gasteiger partial charge in [-0.25, -0.2) is 13.2 Å². The van der Waals surface area contributed by atoms with Gasteiger partial charge in [-0.3, -0.25) is 4.79 Å². The fourth-order valence-corrected chi connectivity index (χ4v) is 5.77. The molecule has 2 atom stereocenters. The Kier molecular flexibility index (Phi) is 6.96. The molecule has 0 spiro atoms. The highest BCUT2D eigenvalue weighted by Gasteiger charge is 2.36. The average Bonchev–Trinajstić information content (AvgIpc) is 3.11. The van der Waals surface area contributed by atoms with Gasteiger partial charge < -0.3 is 14.2 Å². The fraction of sp³-hybridized carbons (Fsp3) is 0.700. The largest absolute Gasteiger partial charge is 0.452 e. The third-order valence-corrected chi connectivity index (χ3v) is 7.25. The van der Waals surface area contributed by atoms with Crippen LogP contribution in [0.15, 0.2) is 6.07 Å². The van der Waals surface area contributed by atoms with E-state index in [-0.39, 0.29) is 42.1 Å². The van der Waals surface area contributed by atoms with Crippen molar-refractivity contribution in [3.05, 3.63) is 23.0 Å². The number of carbonyl (C=O) groups excluding carboxylic acids is 2. The van der Waals surface area contributed by atoms with Gasteiger partial charge in [-0.1, -0.05) is 6.92 Å². The second kappa shape index (κ2) is 8.68. The Morgan fingerprint density at radius 2 is 1.93 bits per heavy atom. The molecule has 0 saturated carbocycles. The van der Waals surface area contributed by atoms with Crippen molar-refractivity contribution in [2.24, 2.45) is 0 Å². The molecule has 0 aromatic carbocycles. The summed E-state index contributed by atoms with van der Waals surface area (Å²) >= 11 is 0. The van der Waals surface area contributed by atoms with Gasteiger partial charge in [-0.15, -0.1) is 0 Å². The molecule has 0 aliphatic carbocycles. The van der Waals surface area contributed by atoms with Crippen molar-refractivity contribution in [2.45, 2.75) is 72.5 Å². The molecule has 1 saturated heterocycles. The van der Waals surface area contributed by atoms with Crippen molar-refractivity contribution in [1.29, 1.82) is 0 Å². The lowest BCUT2D eigenvalue weighted by molar-refractivity contribution is -0.138. The third-order valence-electron chi connectivity index (χ3n) is 5.50. The highest BCUT2D eigenvalue weighted by Crippen LogP contribution is 2.23. The molecule has 2 rings (SSSR count). The zero-order chi connectivity index (χ0) is 21.2. The average molecular weight is 413 g/mol. The van der Waals surface area contributed by atoms with Gasteiger partial charge >= 0.3 is 5.97 Å². The Bertz CT molecular complexity index is 841. The lowest BCUT2D eigenvalue weighted by Crippen LogP contribution is -2.48. The van der Waals surface area contributed by atoms with E-state index in [2.05, 4.69) is 0 Å². The monoisotopic (exact) mass is 412 g/mol. The number of hydrogen-bond donors (Lipinski definition) is 0. The second-order valence-electron chi connectivity index (χ2n) is 7.94. The zero-order valence-electron chi connectivity index (χ0n) is 17.7. The van der Waals surface area contributed by atoms with E-state index < -0.39 is 15.8 Å². The quantitative estimate of drug-likeness (QED) is 0.643. The van der Waals surface area contributed by atoms with E-state index in [9.17, 15) is 18.0 Å². The van der Waals surface area contributed by atoms with E-state index in [4.69, 9.17) is 4.74 Å². The number of esters is 1. The van der Waals surface area contributed by atoms with Crippen LogP contribution in [-0.2, 0) is 19.4 Å². The van der Waals surface area contributed by atoms with E-state index in [1.165, 1.54) is 0 Å². The van der Waals surface area contributed by atoms with E-state index in [1.54, 1.807) is 11.0 Å². The molecular formula is C20H32N2O5S. The molecule has 0 bridgehead atoms. The summed E-state index contributed by atoms with van der Waals surface area (Å²) in [6.07, 6.45) is 1.13. The molecule has 0 N–H and O–H groups in total. The van der Waals surface area contributed by atoms with Gasteiger partial charge in [0.05, 0.1) is 17.1 Å². The molecule has 28 heavy (non-hydrogen) atoms. The lowest BCUT2D eigenvalue weighted by Gasteiger charge is -2.33. The Morgan fingerprint density at radius 3 is 2.39 bits per heavy atom. The number of ether oxygens (including phenoxy) is 1. The summed E-state index contributed by atoms with van der Waals surface area (Å²) in [7, 11) is -3.11. The summed E-state index contributed by atoms with van der Waals surface area (Å²) in [6.45, 7) is 11.3. The molecule has 0 unspecified atom stereocenters. The van der Waals surface area contributed by atoms with Crippen molar-refractivity contribution in [2.75, 3.05) is 18.1 Å². The normalized spacial score (nSPS) is 19.6. The minimum absolute atomic E-state index is 0.0213. The molecule has 1 amide bonds. The van der Waals surface area contributed by atoms with E-state index in [0.717, 1.165) is 11.4 Å². The van der Waals surface area contributed by atoms with Crippen LogP contribution in [0.1, 0.15) is 68.3 Å². The highest BCUT2D eigenvalue weighted by atomic mass is 32.2. The van der Waals surface area contributed by atoms with Crippen molar-refractivity contribution in [3.8, 4) is 0 Å². The maximum Gasteiger partial charge on any atom is 0.340 e. The van der Waals surface area contributed by atoms with Crippen LogP contribution in [0.3, 0.4) is 0 Å². The maximum absolute atomic E-state index is 12.8. The second-order valence-corrected chi connectivity index (χ2v) is 10.2. The van der Waals surface area contributed by atoms with E-state index in [1.807, 2.05) is 46.1 Å². The van der Waals surface area contributed by atoms with Crippen LogP contribution in [0, 0.1) is 13.8 Å². The molecule has 0 radical (unpaired) electrons. The van der Waals surface area contributed by atoms with E-state index in [0.29, 0.717) is 18.4 Å². The molecule has 1 aliphatic heterocycles. The summed E-state index contributed by atoms with van der Waals surface area (Å²) in [4.78, 5) is 26.9. The summed E-state index contributed by atoms with van der Waals surface area (Å²) in [5, 5.41) is 0. The molecule has 1 aliphatic rings. The molecule has 1 fully saturated rings. The number of aromatic nitrogens is 1. The van der Waals surface area contributed by atoms with Gasteiger partial charge in [-0.2, -0.15) is 0 Å². The SMILES string of the molecule is CC[C@@H](C)N(C(=O)COC(=O)c1cc(C)n(C(C)C)c1C)[C@H]1CCS(=O)(=O)C1. The molecule has 1 aromatic heterocycles. The Morgan fingerprint density at radius 1 is 1.29 bits per heavy atom. The van der Waals surface area contributed by atoms with Crippen LogP contribution in [0.25, 0.3) is 0 Å². The molecule has 7 nitrogen and oxygen atoms in total. The van der Waals surface area contributed by atoms with Crippen molar-refractivity contribution >= 4 is 21.7 Å². The first-order valence-electron chi connectivity index (χ1n) is 9.85. The number of carbonyl (C=O) groups is 2. The summed E-state index contributed by atoms with van der Waals surface area (Å²) in [5.74, 6) is -0.801. The summed E-state index contributed by atoms with van der Waals surface area (Å²) < 4.78 is 31.0. The Hall–Kier alpha value is -1.83. The lowest BCUT2D eigenvalue weighted by atomic mass is 10.1. The molecule has 1 aromatic rings. The number of amides is 1. The minimum atomic E-state index is -3.11. The molecule has 2 heterocycles. The van der Waals surface area contributed by atoms with Gasteiger partial charge in [-0.05, 0) is 53.5 Å². The number of hydrogen-bond acceptors (Lipinski definition) is 5. The fourth-order valence-electron chi connectivity index (χ4n) is 4.06. The third kappa shape index (κ3) is 4.77. The molecule has 158 valence electrons. The van der Waals surface area contributed by atoms with Gasteiger partial charge in [0.15, 0.2) is 16.4 Å².